The van der Waals surface area contributed by atoms with E-state index in [0.717, 1.165) is 6.42 Å². The third kappa shape index (κ3) is 4.58. The first-order valence-electron chi connectivity index (χ1n) is 6.93. The Labute approximate surface area is 115 Å². The molecular weight excluding hydrogens is 240 g/mol. The Hall–Kier alpha value is -1.52. The molecule has 1 amide bonds. The SMILES string of the molecule is CCCCCC(C)(C)CNC(=O)c1cnn(C)c1N. The van der Waals surface area contributed by atoms with Gasteiger partial charge < -0.3 is 11.1 Å². The number of carbonyl (C=O) groups is 1. The van der Waals surface area contributed by atoms with E-state index < -0.39 is 0 Å². The number of nitrogens with zero attached hydrogens (tertiary/aromatic N) is 2. The summed E-state index contributed by atoms with van der Waals surface area (Å²) < 4.78 is 1.50. The molecule has 0 aromatic carbocycles. The van der Waals surface area contributed by atoms with E-state index in [2.05, 4.69) is 31.2 Å². The average molecular weight is 266 g/mol. The van der Waals surface area contributed by atoms with Gasteiger partial charge in [0.15, 0.2) is 0 Å². The highest BCUT2D eigenvalue weighted by Crippen LogP contribution is 2.23. The first kappa shape index (κ1) is 15.5. The van der Waals surface area contributed by atoms with Crippen LogP contribution in [0.4, 0.5) is 5.82 Å². The molecule has 0 saturated carbocycles. The largest absolute Gasteiger partial charge is 0.383 e. The Morgan fingerprint density at radius 2 is 2.16 bits per heavy atom. The molecule has 0 fully saturated rings. The van der Waals surface area contributed by atoms with E-state index in [1.807, 2.05) is 0 Å². The summed E-state index contributed by atoms with van der Waals surface area (Å²) in [5.41, 5.74) is 6.34. The van der Waals surface area contributed by atoms with Gasteiger partial charge in [0, 0.05) is 13.6 Å². The molecule has 0 saturated heterocycles. The third-order valence-corrected chi connectivity index (χ3v) is 3.41. The van der Waals surface area contributed by atoms with E-state index >= 15 is 0 Å². The van der Waals surface area contributed by atoms with Gasteiger partial charge in [0.1, 0.15) is 11.4 Å². The maximum atomic E-state index is 12.0. The van der Waals surface area contributed by atoms with Crippen LogP contribution in [0.1, 0.15) is 56.8 Å². The summed E-state index contributed by atoms with van der Waals surface area (Å²) in [4.78, 5) is 12.0. The number of amides is 1. The summed E-state index contributed by atoms with van der Waals surface area (Å²) in [6, 6.07) is 0. The fraction of sp³-hybridized carbons (Fsp3) is 0.714. The van der Waals surface area contributed by atoms with E-state index in [1.165, 1.54) is 30.1 Å². The predicted molar refractivity (Wildman–Crippen MR) is 77.9 cm³/mol. The number of aryl methyl sites for hydroxylation is 1. The van der Waals surface area contributed by atoms with Crippen LogP contribution in [0.2, 0.25) is 0 Å². The number of aromatic nitrogens is 2. The van der Waals surface area contributed by atoms with Crippen molar-refractivity contribution in [1.82, 2.24) is 15.1 Å². The molecule has 1 aromatic rings. The number of nitrogens with one attached hydrogen (secondary N) is 1. The van der Waals surface area contributed by atoms with Gasteiger partial charge in [-0.3, -0.25) is 9.48 Å². The van der Waals surface area contributed by atoms with Crippen molar-refractivity contribution in [2.45, 2.75) is 46.5 Å². The van der Waals surface area contributed by atoms with Crippen LogP contribution < -0.4 is 11.1 Å². The van der Waals surface area contributed by atoms with Crippen LogP contribution in [0.3, 0.4) is 0 Å². The first-order valence-corrected chi connectivity index (χ1v) is 6.93. The molecule has 19 heavy (non-hydrogen) atoms. The van der Waals surface area contributed by atoms with Gasteiger partial charge in [-0.15, -0.1) is 0 Å². The zero-order chi connectivity index (χ0) is 14.5. The maximum absolute atomic E-state index is 12.0. The number of rotatable bonds is 7. The standard InChI is InChI=1S/C14H26N4O/c1-5-6-7-8-14(2,3)10-16-13(19)11-9-17-18(4)12(11)15/h9H,5-8,10,15H2,1-4H3,(H,16,19). The van der Waals surface area contributed by atoms with E-state index in [4.69, 9.17) is 5.73 Å². The van der Waals surface area contributed by atoms with Gasteiger partial charge in [-0.25, -0.2) is 0 Å². The first-order chi connectivity index (χ1) is 8.87. The smallest absolute Gasteiger partial charge is 0.256 e. The van der Waals surface area contributed by atoms with Gasteiger partial charge in [0.2, 0.25) is 0 Å². The van der Waals surface area contributed by atoms with Gasteiger partial charge >= 0.3 is 0 Å². The predicted octanol–water partition coefficient (Wildman–Crippen LogP) is 2.34. The van der Waals surface area contributed by atoms with Gasteiger partial charge in [-0.1, -0.05) is 40.0 Å². The zero-order valence-corrected chi connectivity index (χ0v) is 12.5. The second-order valence-electron chi connectivity index (χ2n) is 5.87. The van der Waals surface area contributed by atoms with Gasteiger partial charge in [-0.2, -0.15) is 5.10 Å². The molecule has 1 aromatic heterocycles. The van der Waals surface area contributed by atoms with Crippen LogP contribution in [0.25, 0.3) is 0 Å². The van der Waals surface area contributed by atoms with Crippen molar-refractivity contribution in [2.75, 3.05) is 12.3 Å². The third-order valence-electron chi connectivity index (χ3n) is 3.41. The van der Waals surface area contributed by atoms with E-state index in [0.29, 0.717) is 17.9 Å². The molecule has 5 heteroatoms. The molecule has 0 radical (unpaired) electrons. The Morgan fingerprint density at radius 3 is 2.68 bits per heavy atom. The number of anilines is 1. The highest BCUT2D eigenvalue weighted by Gasteiger charge is 2.20. The number of hydrogen-bond donors (Lipinski definition) is 2. The minimum atomic E-state index is -0.144. The average Bonchev–Trinajstić information content (AvgIpc) is 2.68. The van der Waals surface area contributed by atoms with Crippen LogP contribution in [0.5, 0.6) is 0 Å². The molecule has 5 nitrogen and oxygen atoms in total. The molecule has 3 N–H and O–H groups in total. The van der Waals surface area contributed by atoms with Crippen molar-refractivity contribution in [3.05, 3.63) is 11.8 Å². The van der Waals surface area contributed by atoms with E-state index in [9.17, 15) is 4.79 Å². The lowest BCUT2D eigenvalue weighted by Crippen LogP contribution is -2.34. The second kappa shape index (κ2) is 6.59. The summed E-state index contributed by atoms with van der Waals surface area (Å²) in [5, 5.41) is 6.92. The minimum Gasteiger partial charge on any atom is -0.383 e. The molecule has 0 unspecified atom stereocenters. The molecule has 0 aliphatic heterocycles. The highest BCUT2D eigenvalue weighted by molar-refractivity contribution is 5.98. The lowest BCUT2D eigenvalue weighted by molar-refractivity contribution is 0.0935. The van der Waals surface area contributed by atoms with Gasteiger partial charge in [-0.05, 0) is 11.8 Å². The lowest BCUT2D eigenvalue weighted by Gasteiger charge is -2.24. The number of hydrogen-bond acceptors (Lipinski definition) is 3. The molecule has 0 aliphatic carbocycles. The zero-order valence-electron chi connectivity index (χ0n) is 12.5. The van der Waals surface area contributed by atoms with Crippen LogP contribution in [0.15, 0.2) is 6.20 Å². The van der Waals surface area contributed by atoms with Crippen molar-refractivity contribution < 1.29 is 4.79 Å². The van der Waals surface area contributed by atoms with Crippen LogP contribution in [-0.2, 0) is 7.05 Å². The lowest BCUT2D eigenvalue weighted by atomic mass is 9.87. The fourth-order valence-electron chi connectivity index (χ4n) is 1.98. The highest BCUT2D eigenvalue weighted by atomic mass is 16.1. The Bertz CT molecular complexity index is 423. The second-order valence-corrected chi connectivity index (χ2v) is 5.87. The topological polar surface area (TPSA) is 72.9 Å². The van der Waals surface area contributed by atoms with Gasteiger partial charge in [0.05, 0.1) is 6.20 Å². The van der Waals surface area contributed by atoms with Crippen molar-refractivity contribution in [2.24, 2.45) is 12.5 Å². The molecule has 1 heterocycles. The molecule has 0 bridgehead atoms. The number of nitrogen functional groups attached to an aromatic ring is 1. The molecule has 0 aliphatic rings. The van der Waals surface area contributed by atoms with Crippen molar-refractivity contribution in [1.29, 1.82) is 0 Å². The van der Waals surface area contributed by atoms with Crippen LogP contribution >= 0.6 is 0 Å². The minimum absolute atomic E-state index is 0.113. The fourth-order valence-corrected chi connectivity index (χ4v) is 1.98. The van der Waals surface area contributed by atoms with E-state index in [1.54, 1.807) is 7.05 Å². The van der Waals surface area contributed by atoms with Crippen LogP contribution in [-0.4, -0.2) is 22.2 Å². The Kier molecular flexibility index (Phi) is 5.39. The summed E-state index contributed by atoms with van der Waals surface area (Å²) in [5.74, 6) is 0.260. The van der Waals surface area contributed by atoms with E-state index in [-0.39, 0.29) is 11.3 Å². The number of unbranched alkanes of at least 4 members (excludes halogenated alkanes) is 2. The van der Waals surface area contributed by atoms with Crippen molar-refractivity contribution in [3.8, 4) is 0 Å². The summed E-state index contributed by atoms with van der Waals surface area (Å²) >= 11 is 0. The number of carbonyl (C=O) groups excluding carboxylic acids is 1. The van der Waals surface area contributed by atoms with Crippen LogP contribution in [0, 0.1) is 5.41 Å². The molecule has 0 atom stereocenters. The quantitative estimate of drug-likeness (QED) is 0.744. The molecule has 0 spiro atoms. The maximum Gasteiger partial charge on any atom is 0.256 e. The van der Waals surface area contributed by atoms with Crippen molar-refractivity contribution >= 4 is 11.7 Å². The molecular formula is C14H26N4O. The summed E-state index contributed by atoms with van der Waals surface area (Å²) in [7, 11) is 1.72. The van der Waals surface area contributed by atoms with Crippen molar-refractivity contribution in [3.63, 3.8) is 0 Å². The molecule has 1 rings (SSSR count). The monoisotopic (exact) mass is 266 g/mol. The summed E-state index contributed by atoms with van der Waals surface area (Å²) in [6.45, 7) is 7.20. The van der Waals surface area contributed by atoms with Gasteiger partial charge in [0.25, 0.3) is 5.91 Å². The Balaban J connectivity index is 2.47. The number of nitrogens with two attached hydrogens (primary N) is 1. The normalized spacial score (nSPS) is 11.6. The molecule has 108 valence electrons. The Morgan fingerprint density at radius 1 is 1.47 bits per heavy atom. The summed E-state index contributed by atoms with van der Waals surface area (Å²) in [6.07, 6.45) is 6.29.